The van der Waals surface area contributed by atoms with Crippen LogP contribution >= 0.6 is 0 Å². The summed E-state index contributed by atoms with van der Waals surface area (Å²) in [5, 5.41) is 0. The minimum absolute atomic E-state index is 0.162. The second-order valence-electron chi connectivity index (χ2n) is 5.02. The second-order valence-corrected chi connectivity index (χ2v) is 5.02. The first kappa shape index (κ1) is 12.2. The van der Waals surface area contributed by atoms with Crippen molar-refractivity contribution < 1.29 is 9.53 Å². The van der Waals surface area contributed by atoms with Gasteiger partial charge in [-0.2, -0.15) is 0 Å². The monoisotopic (exact) mass is 232 g/mol. The molecule has 2 heteroatoms. The standard InChI is InChI=1S/C15H20O2/c1-12(16)17-8-7-14-10-15(11-14)9-13-5-3-2-4-6-13/h2-6,14-15H,7-11H2,1H3. The van der Waals surface area contributed by atoms with Crippen molar-refractivity contribution in [3.8, 4) is 0 Å². The third-order valence-corrected chi connectivity index (χ3v) is 3.53. The van der Waals surface area contributed by atoms with Gasteiger partial charge in [0, 0.05) is 6.92 Å². The molecular formula is C15H20O2. The summed E-state index contributed by atoms with van der Waals surface area (Å²) in [4.78, 5) is 10.6. The Kier molecular flexibility index (Phi) is 4.18. The fraction of sp³-hybridized carbons (Fsp3) is 0.533. The molecular weight excluding hydrogens is 212 g/mol. The van der Waals surface area contributed by atoms with E-state index in [1.807, 2.05) is 0 Å². The van der Waals surface area contributed by atoms with Crippen LogP contribution in [-0.2, 0) is 16.0 Å². The Morgan fingerprint density at radius 1 is 1.24 bits per heavy atom. The fourth-order valence-electron chi connectivity index (χ4n) is 2.59. The van der Waals surface area contributed by atoms with Crippen molar-refractivity contribution in [2.75, 3.05) is 6.61 Å². The van der Waals surface area contributed by atoms with Gasteiger partial charge in [-0.15, -0.1) is 0 Å². The van der Waals surface area contributed by atoms with E-state index in [0.29, 0.717) is 6.61 Å². The van der Waals surface area contributed by atoms with Gasteiger partial charge in [-0.1, -0.05) is 30.3 Å². The maximum Gasteiger partial charge on any atom is 0.302 e. The summed E-state index contributed by atoms with van der Waals surface area (Å²) in [6.45, 7) is 2.07. The van der Waals surface area contributed by atoms with Crippen LogP contribution in [0, 0.1) is 11.8 Å². The highest BCUT2D eigenvalue weighted by molar-refractivity contribution is 5.65. The average molecular weight is 232 g/mol. The number of esters is 1. The molecule has 0 radical (unpaired) electrons. The molecule has 1 aromatic carbocycles. The van der Waals surface area contributed by atoms with Crippen molar-refractivity contribution in [3.63, 3.8) is 0 Å². The zero-order chi connectivity index (χ0) is 12.1. The lowest BCUT2D eigenvalue weighted by Gasteiger charge is -2.35. The molecule has 2 rings (SSSR count). The molecule has 1 aromatic rings. The van der Waals surface area contributed by atoms with E-state index in [4.69, 9.17) is 4.74 Å². The third-order valence-electron chi connectivity index (χ3n) is 3.53. The summed E-state index contributed by atoms with van der Waals surface area (Å²) >= 11 is 0. The minimum Gasteiger partial charge on any atom is -0.466 e. The molecule has 0 aliphatic heterocycles. The first-order chi connectivity index (χ1) is 8.24. The smallest absolute Gasteiger partial charge is 0.302 e. The van der Waals surface area contributed by atoms with Crippen molar-refractivity contribution in [1.29, 1.82) is 0 Å². The predicted octanol–water partition coefficient (Wildman–Crippen LogP) is 3.21. The topological polar surface area (TPSA) is 26.3 Å². The fourth-order valence-corrected chi connectivity index (χ4v) is 2.59. The molecule has 2 nitrogen and oxygen atoms in total. The Balaban J connectivity index is 1.61. The third kappa shape index (κ3) is 3.88. The number of benzene rings is 1. The summed E-state index contributed by atoms with van der Waals surface area (Å²) in [5.41, 5.74) is 1.44. The molecule has 0 atom stereocenters. The van der Waals surface area contributed by atoms with E-state index in [1.165, 1.54) is 31.7 Å². The van der Waals surface area contributed by atoms with Crippen molar-refractivity contribution in [1.82, 2.24) is 0 Å². The average Bonchev–Trinajstić information content (AvgIpc) is 2.26. The van der Waals surface area contributed by atoms with Crippen LogP contribution in [0.25, 0.3) is 0 Å². The number of ether oxygens (including phenoxy) is 1. The molecule has 0 amide bonds. The summed E-state index contributed by atoms with van der Waals surface area (Å²) in [7, 11) is 0. The Bertz CT molecular complexity index is 352. The summed E-state index contributed by atoms with van der Waals surface area (Å²) in [6.07, 6.45) is 4.81. The number of hydrogen-bond donors (Lipinski definition) is 0. The van der Waals surface area contributed by atoms with Crippen LogP contribution in [-0.4, -0.2) is 12.6 Å². The van der Waals surface area contributed by atoms with E-state index < -0.39 is 0 Å². The van der Waals surface area contributed by atoms with Crippen LogP contribution in [0.4, 0.5) is 0 Å². The molecule has 0 saturated heterocycles. The zero-order valence-corrected chi connectivity index (χ0v) is 10.4. The molecule has 0 spiro atoms. The minimum atomic E-state index is -0.162. The van der Waals surface area contributed by atoms with Gasteiger partial charge in [0.1, 0.15) is 0 Å². The predicted molar refractivity (Wildman–Crippen MR) is 67.6 cm³/mol. The van der Waals surface area contributed by atoms with E-state index in [1.54, 1.807) is 0 Å². The second kappa shape index (κ2) is 5.85. The molecule has 0 heterocycles. The highest BCUT2D eigenvalue weighted by Crippen LogP contribution is 2.38. The molecule has 1 fully saturated rings. The lowest BCUT2D eigenvalue weighted by molar-refractivity contribution is -0.141. The van der Waals surface area contributed by atoms with Crippen molar-refractivity contribution in [3.05, 3.63) is 35.9 Å². The number of carbonyl (C=O) groups excluding carboxylic acids is 1. The van der Waals surface area contributed by atoms with Crippen LogP contribution in [0.15, 0.2) is 30.3 Å². The van der Waals surface area contributed by atoms with Gasteiger partial charge in [0.25, 0.3) is 0 Å². The normalized spacial score (nSPS) is 22.9. The Morgan fingerprint density at radius 3 is 2.59 bits per heavy atom. The van der Waals surface area contributed by atoms with Crippen LogP contribution < -0.4 is 0 Å². The maximum atomic E-state index is 10.6. The van der Waals surface area contributed by atoms with Crippen LogP contribution in [0.1, 0.15) is 31.7 Å². The van der Waals surface area contributed by atoms with Gasteiger partial charge >= 0.3 is 5.97 Å². The Hall–Kier alpha value is -1.31. The lowest BCUT2D eigenvalue weighted by atomic mass is 9.71. The molecule has 1 aliphatic rings. The molecule has 0 bridgehead atoms. The highest BCUT2D eigenvalue weighted by atomic mass is 16.5. The Labute approximate surface area is 103 Å². The molecule has 92 valence electrons. The van der Waals surface area contributed by atoms with Crippen LogP contribution in [0.5, 0.6) is 0 Å². The number of carbonyl (C=O) groups is 1. The van der Waals surface area contributed by atoms with Gasteiger partial charge in [-0.25, -0.2) is 0 Å². The number of rotatable bonds is 5. The summed E-state index contributed by atoms with van der Waals surface area (Å²) < 4.78 is 4.96. The van der Waals surface area contributed by atoms with Gasteiger partial charge in [-0.3, -0.25) is 4.79 Å². The molecule has 0 N–H and O–H groups in total. The van der Waals surface area contributed by atoms with Crippen molar-refractivity contribution in [2.24, 2.45) is 11.8 Å². The van der Waals surface area contributed by atoms with Gasteiger partial charge in [-0.05, 0) is 43.1 Å². The van der Waals surface area contributed by atoms with E-state index in [2.05, 4.69) is 30.3 Å². The van der Waals surface area contributed by atoms with Crippen molar-refractivity contribution in [2.45, 2.75) is 32.6 Å². The van der Waals surface area contributed by atoms with Crippen LogP contribution in [0.3, 0.4) is 0 Å². The van der Waals surface area contributed by atoms with Crippen LogP contribution in [0.2, 0.25) is 0 Å². The summed E-state index contributed by atoms with van der Waals surface area (Å²) in [5.74, 6) is 1.44. The van der Waals surface area contributed by atoms with E-state index >= 15 is 0 Å². The van der Waals surface area contributed by atoms with E-state index in [9.17, 15) is 4.79 Å². The van der Waals surface area contributed by atoms with Crippen molar-refractivity contribution >= 4 is 5.97 Å². The molecule has 1 saturated carbocycles. The molecule has 0 aromatic heterocycles. The van der Waals surface area contributed by atoms with Gasteiger partial charge in [0.15, 0.2) is 0 Å². The maximum absolute atomic E-state index is 10.6. The summed E-state index contributed by atoms with van der Waals surface area (Å²) in [6, 6.07) is 10.7. The zero-order valence-electron chi connectivity index (χ0n) is 10.4. The van der Waals surface area contributed by atoms with Gasteiger partial charge in [0.05, 0.1) is 6.61 Å². The van der Waals surface area contributed by atoms with E-state index in [-0.39, 0.29) is 5.97 Å². The van der Waals surface area contributed by atoms with Gasteiger partial charge < -0.3 is 4.74 Å². The molecule has 1 aliphatic carbocycles. The Morgan fingerprint density at radius 2 is 1.94 bits per heavy atom. The first-order valence-corrected chi connectivity index (χ1v) is 6.41. The molecule has 17 heavy (non-hydrogen) atoms. The van der Waals surface area contributed by atoms with Gasteiger partial charge in [0.2, 0.25) is 0 Å². The number of hydrogen-bond acceptors (Lipinski definition) is 2. The van der Waals surface area contributed by atoms with E-state index in [0.717, 1.165) is 18.3 Å². The quantitative estimate of drug-likeness (QED) is 0.729. The highest BCUT2D eigenvalue weighted by Gasteiger charge is 2.28. The lowest BCUT2D eigenvalue weighted by Crippen LogP contribution is -2.26. The SMILES string of the molecule is CC(=O)OCCC1CC(Cc2ccccc2)C1. The largest absolute Gasteiger partial charge is 0.466 e. The molecule has 0 unspecified atom stereocenters. The first-order valence-electron chi connectivity index (χ1n) is 6.41.